The van der Waals surface area contributed by atoms with Crippen LogP contribution in [0.15, 0.2) is 0 Å². The van der Waals surface area contributed by atoms with Crippen LogP contribution in [0.1, 0.15) is 27.7 Å². The summed E-state index contributed by atoms with van der Waals surface area (Å²) in [7, 11) is 2.69. The summed E-state index contributed by atoms with van der Waals surface area (Å²) in [4.78, 5) is 0. The van der Waals surface area contributed by atoms with Crippen LogP contribution in [-0.4, -0.2) is 50.9 Å². The van der Waals surface area contributed by atoms with E-state index >= 15 is 0 Å². The van der Waals surface area contributed by atoms with Gasteiger partial charge in [-0.1, -0.05) is 27.7 Å². The van der Waals surface area contributed by atoms with Crippen molar-refractivity contribution in [1.29, 1.82) is 0 Å². The third kappa shape index (κ3) is 23.6. The summed E-state index contributed by atoms with van der Waals surface area (Å²) in [5, 5.41) is 0. The van der Waals surface area contributed by atoms with E-state index < -0.39 is 10.1 Å². The Morgan fingerprint density at radius 1 is 1.00 bits per heavy atom. The molecule has 0 N–H and O–H groups in total. The van der Waals surface area contributed by atoms with Crippen molar-refractivity contribution in [2.45, 2.75) is 27.7 Å². The zero-order chi connectivity index (χ0) is 13.6. The first-order valence-electron chi connectivity index (χ1n) is 5.57. The van der Waals surface area contributed by atoms with Gasteiger partial charge in [0.15, 0.2) is 0 Å². The number of hydrogen-bond acceptors (Lipinski definition) is 3. The maximum absolute atomic E-state index is 9.89. The maximum Gasteiger partial charge on any atom is 0.0948 e. The Bertz CT molecular complexity index is 263. The molecule has 0 unspecified atom stereocenters. The Balaban J connectivity index is 0. The number of nitrogens with zero attached hydrogens (tertiary/aromatic N) is 1. The first-order chi connectivity index (χ1) is 6.83. The third-order valence-corrected chi connectivity index (χ3v) is 2.53. The van der Waals surface area contributed by atoms with Gasteiger partial charge in [-0.2, -0.15) is 0 Å². The summed E-state index contributed by atoms with van der Waals surface area (Å²) in [5.74, 6) is 0.500. The molecule has 0 aliphatic heterocycles. The van der Waals surface area contributed by atoms with Crippen LogP contribution < -0.4 is 0 Å². The van der Waals surface area contributed by atoms with Crippen LogP contribution in [0.25, 0.3) is 0 Å². The summed E-state index contributed by atoms with van der Waals surface area (Å²) < 4.78 is 30.7. The van der Waals surface area contributed by atoms with Crippen molar-refractivity contribution >= 4 is 10.1 Å². The molecule has 0 aromatic rings. The lowest BCUT2D eigenvalue weighted by molar-refractivity contribution is -0.873. The quantitative estimate of drug-likeness (QED) is 0.564. The fourth-order valence-corrected chi connectivity index (χ4v) is 2.32. The second-order valence-electron chi connectivity index (χ2n) is 5.98. The van der Waals surface area contributed by atoms with Crippen LogP contribution in [0.2, 0.25) is 0 Å². The molecule has 4 nitrogen and oxygen atoms in total. The predicted molar refractivity (Wildman–Crippen MR) is 67.1 cm³/mol. The molecule has 0 saturated heterocycles. The Morgan fingerprint density at radius 3 is 1.38 bits per heavy atom. The highest BCUT2D eigenvalue weighted by Gasteiger charge is 2.08. The Labute approximate surface area is 101 Å². The molecule has 16 heavy (non-hydrogen) atoms. The second kappa shape index (κ2) is 7.25. The van der Waals surface area contributed by atoms with Crippen LogP contribution in [0, 0.1) is 11.8 Å². The van der Waals surface area contributed by atoms with E-state index in [0.717, 1.165) is 10.4 Å². The van der Waals surface area contributed by atoms with Crippen molar-refractivity contribution in [2.24, 2.45) is 11.8 Å². The summed E-state index contributed by atoms with van der Waals surface area (Å²) in [6.45, 7) is 9.15. The van der Waals surface area contributed by atoms with Gasteiger partial charge >= 0.3 is 0 Å². The highest BCUT2D eigenvalue weighted by atomic mass is 32.2. The molecule has 0 aliphatic rings. The van der Waals surface area contributed by atoms with Crippen molar-refractivity contribution in [2.75, 3.05) is 33.4 Å². The van der Waals surface area contributed by atoms with E-state index in [-0.39, 0.29) is 11.7 Å². The van der Waals surface area contributed by atoms with E-state index in [4.69, 9.17) is 0 Å². The van der Waals surface area contributed by atoms with E-state index in [1.807, 2.05) is 0 Å². The summed E-state index contributed by atoms with van der Waals surface area (Å²) in [6, 6.07) is 0. The van der Waals surface area contributed by atoms with E-state index in [1.165, 1.54) is 6.54 Å². The lowest BCUT2D eigenvalue weighted by Gasteiger charge is -2.25. The van der Waals surface area contributed by atoms with Gasteiger partial charge in [0.2, 0.25) is 0 Å². The fourth-order valence-electron chi connectivity index (χ4n) is 1.50. The summed E-state index contributed by atoms with van der Waals surface area (Å²) >= 11 is 0. The molecule has 0 atom stereocenters. The smallest absolute Gasteiger partial charge is 0.0948 e. The van der Waals surface area contributed by atoms with E-state index in [0.29, 0.717) is 0 Å². The molecule has 0 aliphatic carbocycles. The lowest BCUT2D eigenvalue weighted by atomic mass is 10.2. The van der Waals surface area contributed by atoms with Crippen molar-refractivity contribution < 1.29 is 17.5 Å². The highest BCUT2D eigenvalue weighted by molar-refractivity contribution is 7.85. The Hall–Kier alpha value is -0.130. The largest absolute Gasteiger partial charge is 0.748 e. The van der Waals surface area contributed by atoms with Crippen molar-refractivity contribution in [1.82, 2.24) is 0 Å². The zero-order valence-electron chi connectivity index (χ0n) is 11.6. The molecular weight excluding hydrogens is 226 g/mol. The average Bonchev–Trinajstić information content (AvgIpc) is 1.72. The number of hydrogen-bond donors (Lipinski definition) is 0. The minimum Gasteiger partial charge on any atom is -0.748 e. The molecule has 0 fully saturated rings. The Kier molecular flexibility index (Phi) is 8.26. The molecule has 0 spiro atoms. The van der Waals surface area contributed by atoms with Gasteiger partial charge in [-0.15, -0.1) is 0 Å². The van der Waals surface area contributed by atoms with Crippen LogP contribution in [0.5, 0.6) is 0 Å². The molecule has 0 heterocycles. The molecule has 0 aromatic carbocycles. The molecular formula is C11H27NO3S. The van der Waals surface area contributed by atoms with E-state index in [9.17, 15) is 13.0 Å². The SMILES string of the molecule is CC(C)CS(=O)(=O)[O-].CC(C)C[N+](C)(C)C. The van der Waals surface area contributed by atoms with Gasteiger partial charge in [0.05, 0.1) is 37.8 Å². The van der Waals surface area contributed by atoms with Gasteiger partial charge in [-0.3, -0.25) is 0 Å². The minimum absolute atomic E-state index is 0.0579. The first-order valence-corrected chi connectivity index (χ1v) is 7.15. The van der Waals surface area contributed by atoms with Crippen molar-refractivity contribution in [3.63, 3.8) is 0 Å². The maximum atomic E-state index is 9.89. The molecule has 0 radical (unpaired) electrons. The molecule has 0 aromatic heterocycles. The zero-order valence-corrected chi connectivity index (χ0v) is 12.5. The van der Waals surface area contributed by atoms with Gasteiger partial charge in [-0.25, -0.2) is 8.42 Å². The van der Waals surface area contributed by atoms with Gasteiger partial charge in [-0.05, 0) is 5.92 Å². The standard InChI is InChI=1S/C7H18N.C4H10O3S/c1-7(2)6-8(3,4)5;1-4(2)3-8(5,6)7/h7H,6H2,1-5H3;4H,3H2,1-2H3,(H,5,6,7)/q+1;/p-1. The van der Waals surface area contributed by atoms with Gasteiger partial charge in [0.25, 0.3) is 0 Å². The van der Waals surface area contributed by atoms with Crippen LogP contribution in [0.4, 0.5) is 0 Å². The Morgan fingerprint density at radius 2 is 1.38 bits per heavy atom. The third-order valence-electron chi connectivity index (χ3n) is 1.45. The molecule has 100 valence electrons. The molecule has 0 amide bonds. The molecule has 0 bridgehead atoms. The van der Waals surface area contributed by atoms with E-state index in [2.05, 4.69) is 35.0 Å². The van der Waals surface area contributed by atoms with Crippen LogP contribution in [0.3, 0.4) is 0 Å². The second-order valence-corrected chi connectivity index (χ2v) is 7.43. The number of quaternary nitrogens is 1. The molecule has 5 heteroatoms. The topological polar surface area (TPSA) is 57.2 Å². The average molecular weight is 253 g/mol. The van der Waals surface area contributed by atoms with E-state index in [1.54, 1.807) is 13.8 Å². The highest BCUT2D eigenvalue weighted by Crippen LogP contribution is 1.98. The lowest BCUT2D eigenvalue weighted by Crippen LogP contribution is -2.37. The van der Waals surface area contributed by atoms with Crippen LogP contribution >= 0.6 is 0 Å². The summed E-state index contributed by atoms with van der Waals surface area (Å²) in [6.07, 6.45) is 0. The monoisotopic (exact) mass is 253 g/mol. The van der Waals surface area contributed by atoms with Crippen LogP contribution in [-0.2, 0) is 10.1 Å². The minimum atomic E-state index is -3.97. The van der Waals surface area contributed by atoms with Gasteiger partial charge in [0, 0.05) is 11.7 Å². The van der Waals surface area contributed by atoms with Gasteiger partial charge in [0.1, 0.15) is 0 Å². The summed E-state index contributed by atoms with van der Waals surface area (Å²) in [5.41, 5.74) is 0. The molecule has 0 saturated carbocycles. The number of rotatable bonds is 4. The normalized spacial score (nSPS) is 12.6. The van der Waals surface area contributed by atoms with Crippen molar-refractivity contribution in [3.8, 4) is 0 Å². The molecule has 0 rings (SSSR count). The first kappa shape index (κ1) is 18.2. The predicted octanol–water partition coefficient (Wildman–Crippen LogP) is 1.54. The van der Waals surface area contributed by atoms with Gasteiger partial charge < -0.3 is 9.04 Å². The van der Waals surface area contributed by atoms with Crippen molar-refractivity contribution in [3.05, 3.63) is 0 Å². The fraction of sp³-hybridized carbons (Fsp3) is 1.00.